The van der Waals surface area contributed by atoms with E-state index in [-0.39, 0.29) is 0 Å². The topological polar surface area (TPSA) is 47.1 Å². The number of hydrogen-bond acceptors (Lipinski definition) is 3. The van der Waals surface area contributed by atoms with Crippen molar-refractivity contribution in [2.45, 2.75) is 26.1 Å². The lowest BCUT2D eigenvalue weighted by molar-refractivity contribution is 0.319. The molecule has 2 unspecified atom stereocenters. The maximum Gasteiger partial charge on any atom is 0.0659 e. The van der Waals surface area contributed by atoms with E-state index >= 15 is 0 Å². The Hall–Kier alpha value is -1.65. The van der Waals surface area contributed by atoms with Gasteiger partial charge in [-0.3, -0.25) is 9.58 Å². The van der Waals surface area contributed by atoms with Crippen LogP contribution >= 0.6 is 0 Å². The molecule has 4 nitrogen and oxygen atoms in total. The largest absolute Gasteiger partial charge is 0.326 e. The summed E-state index contributed by atoms with van der Waals surface area (Å²) in [5, 5.41) is 4.45. The molecular formula is C16H22N4. The molecule has 1 saturated heterocycles. The van der Waals surface area contributed by atoms with Crippen molar-refractivity contribution in [2.75, 3.05) is 13.1 Å². The molecule has 3 rings (SSSR count). The summed E-state index contributed by atoms with van der Waals surface area (Å²) < 4.78 is 2.00. The molecule has 2 atom stereocenters. The average molecular weight is 270 g/mol. The highest BCUT2D eigenvalue weighted by Gasteiger charge is 2.26. The normalized spacial score (nSPS) is 23.3. The Bertz CT molecular complexity index is 539. The molecule has 2 aromatic rings. The van der Waals surface area contributed by atoms with Crippen LogP contribution in [-0.2, 0) is 13.1 Å². The lowest BCUT2D eigenvalue weighted by Crippen LogP contribution is -2.28. The number of likely N-dealkylation sites (tertiary alicyclic amines) is 1. The lowest BCUT2D eigenvalue weighted by Gasteiger charge is -2.13. The van der Waals surface area contributed by atoms with Gasteiger partial charge in [0.15, 0.2) is 0 Å². The molecule has 1 aliphatic heterocycles. The van der Waals surface area contributed by atoms with Gasteiger partial charge in [0, 0.05) is 37.4 Å². The van der Waals surface area contributed by atoms with Gasteiger partial charge >= 0.3 is 0 Å². The molecule has 1 aliphatic rings. The van der Waals surface area contributed by atoms with Crippen molar-refractivity contribution in [3.05, 3.63) is 53.9 Å². The van der Waals surface area contributed by atoms with E-state index in [1.165, 1.54) is 11.1 Å². The first kappa shape index (κ1) is 13.3. The molecular weight excluding hydrogens is 248 g/mol. The fourth-order valence-corrected chi connectivity index (χ4v) is 2.83. The third-order valence-electron chi connectivity index (χ3n) is 4.03. The number of nitrogens with zero attached hydrogens (tertiary/aromatic N) is 3. The van der Waals surface area contributed by atoms with Crippen LogP contribution in [-0.4, -0.2) is 33.8 Å². The standard InChI is InChI=1S/C16H22N4/c1-13-8-19(12-16(13)17)9-15-7-18-20(11-15)10-14-5-3-2-4-6-14/h2-7,11,13,16H,8-10,12,17H2,1H3. The molecule has 0 radical (unpaired) electrons. The van der Waals surface area contributed by atoms with Crippen molar-refractivity contribution >= 4 is 0 Å². The highest BCUT2D eigenvalue weighted by molar-refractivity contribution is 5.15. The molecule has 0 aliphatic carbocycles. The monoisotopic (exact) mass is 270 g/mol. The van der Waals surface area contributed by atoms with Gasteiger partial charge in [-0.2, -0.15) is 5.10 Å². The molecule has 0 saturated carbocycles. The summed E-state index contributed by atoms with van der Waals surface area (Å²) in [5.41, 5.74) is 8.61. The van der Waals surface area contributed by atoms with Crippen LogP contribution in [0.15, 0.2) is 42.7 Å². The number of hydrogen-bond donors (Lipinski definition) is 1. The summed E-state index contributed by atoms with van der Waals surface area (Å²) in [6.07, 6.45) is 4.11. The van der Waals surface area contributed by atoms with Crippen molar-refractivity contribution in [3.63, 3.8) is 0 Å². The Morgan fingerprint density at radius 1 is 1.15 bits per heavy atom. The van der Waals surface area contributed by atoms with Crippen LogP contribution in [0.5, 0.6) is 0 Å². The van der Waals surface area contributed by atoms with Crippen molar-refractivity contribution in [1.82, 2.24) is 14.7 Å². The van der Waals surface area contributed by atoms with Crippen molar-refractivity contribution in [1.29, 1.82) is 0 Å². The smallest absolute Gasteiger partial charge is 0.0659 e. The molecule has 2 heterocycles. The van der Waals surface area contributed by atoms with Crippen molar-refractivity contribution < 1.29 is 0 Å². The van der Waals surface area contributed by atoms with Crippen LogP contribution in [0.4, 0.5) is 0 Å². The molecule has 0 spiro atoms. The van der Waals surface area contributed by atoms with E-state index in [0.717, 1.165) is 26.2 Å². The van der Waals surface area contributed by atoms with Crippen molar-refractivity contribution in [2.24, 2.45) is 11.7 Å². The summed E-state index contributed by atoms with van der Waals surface area (Å²) in [6.45, 7) is 6.09. The van der Waals surface area contributed by atoms with E-state index in [0.29, 0.717) is 12.0 Å². The second-order valence-electron chi connectivity index (χ2n) is 5.87. The van der Waals surface area contributed by atoms with Gasteiger partial charge in [0.1, 0.15) is 0 Å². The molecule has 20 heavy (non-hydrogen) atoms. The van der Waals surface area contributed by atoms with Crippen molar-refractivity contribution in [3.8, 4) is 0 Å². The number of nitrogens with two attached hydrogens (primary N) is 1. The highest BCUT2D eigenvalue weighted by atomic mass is 15.3. The van der Waals surface area contributed by atoms with E-state index in [9.17, 15) is 0 Å². The van der Waals surface area contributed by atoms with Gasteiger partial charge in [-0.25, -0.2) is 0 Å². The molecule has 1 aromatic carbocycles. The number of benzene rings is 1. The maximum atomic E-state index is 6.07. The first-order valence-electron chi connectivity index (χ1n) is 7.24. The summed E-state index contributed by atoms with van der Waals surface area (Å²) in [6, 6.07) is 10.7. The Labute approximate surface area is 120 Å². The fourth-order valence-electron chi connectivity index (χ4n) is 2.83. The molecule has 0 bridgehead atoms. The molecule has 1 aromatic heterocycles. The van der Waals surface area contributed by atoms with E-state index in [4.69, 9.17) is 5.73 Å². The molecule has 0 amide bonds. The van der Waals surface area contributed by atoms with Gasteiger partial charge in [0.2, 0.25) is 0 Å². The second-order valence-corrected chi connectivity index (χ2v) is 5.87. The first-order chi connectivity index (χ1) is 9.70. The molecule has 2 N–H and O–H groups in total. The van der Waals surface area contributed by atoms with Gasteiger partial charge in [0.05, 0.1) is 12.7 Å². The Morgan fingerprint density at radius 3 is 2.65 bits per heavy atom. The predicted molar refractivity (Wildman–Crippen MR) is 80.2 cm³/mol. The van der Waals surface area contributed by atoms with Crippen LogP contribution in [0, 0.1) is 5.92 Å². The highest BCUT2D eigenvalue weighted by Crippen LogP contribution is 2.17. The summed E-state index contributed by atoms with van der Waals surface area (Å²) in [4.78, 5) is 2.42. The minimum Gasteiger partial charge on any atom is -0.326 e. The quantitative estimate of drug-likeness (QED) is 0.920. The van der Waals surface area contributed by atoms with Gasteiger partial charge in [-0.15, -0.1) is 0 Å². The maximum absolute atomic E-state index is 6.07. The van der Waals surface area contributed by atoms with E-state index in [2.05, 4.69) is 47.4 Å². The van der Waals surface area contributed by atoms with Crippen LogP contribution in [0.3, 0.4) is 0 Å². The summed E-state index contributed by atoms with van der Waals surface area (Å²) >= 11 is 0. The van der Waals surface area contributed by atoms with Gasteiger partial charge in [-0.1, -0.05) is 37.3 Å². The Balaban J connectivity index is 1.60. The summed E-state index contributed by atoms with van der Waals surface area (Å²) in [7, 11) is 0. The van der Waals surface area contributed by atoms with E-state index in [1.54, 1.807) is 0 Å². The van der Waals surface area contributed by atoms with Crippen LogP contribution in [0.25, 0.3) is 0 Å². The molecule has 4 heteroatoms. The second kappa shape index (κ2) is 5.77. The zero-order chi connectivity index (χ0) is 13.9. The van der Waals surface area contributed by atoms with E-state index < -0.39 is 0 Å². The van der Waals surface area contributed by atoms with E-state index in [1.807, 2.05) is 16.9 Å². The van der Waals surface area contributed by atoms with Gasteiger partial charge in [0.25, 0.3) is 0 Å². The zero-order valence-electron chi connectivity index (χ0n) is 11.9. The lowest BCUT2D eigenvalue weighted by atomic mass is 10.1. The SMILES string of the molecule is CC1CN(Cc2cnn(Cc3ccccc3)c2)CC1N. The third kappa shape index (κ3) is 3.08. The summed E-state index contributed by atoms with van der Waals surface area (Å²) in [5.74, 6) is 0.592. The van der Waals surface area contributed by atoms with Crippen LogP contribution < -0.4 is 5.73 Å². The minimum absolute atomic E-state index is 0.314. The Morgan fingerprint density at radius 2 is 1.95 bits per heavy atom. The van der Waals surface area contributed by atoms with Gasteiger partial charge in [-0.05, 0) is 11.5 Å². The zero-order valence-corrected chi connectivity index (χ0v) is 11.9. The Kier molecular flexibility index (Phi) is 3.85. The minimum atomic E-state index is 0.314. The number of rotatable bonds is 4. The first-order valence-corrected chi connectivity index (χ1v) is 7.24. The van der Waals surface area contributed by atoms with Gasteiger partial charge < -0.3 is 5.73 Å². The third-order valence-corrected chi connectivity index (χ3v) is 4.03. The average Bonchev–Trinajstić information content (AvgIpc) is 2.99. The van der Waals surface area contributed by atoms with Crippen LogP contribution in [0.1, 0.15) is 18.1 Å². The van der Waals surface area contributed by atoms with Crippen LogP contribution in [0.2, 0.25) is 0 Å². The number of aromatic nitrogens is 2. The fraction of sp³-hybridized carbons (Fsp3) is 0.438. The molecule has 106 valence electrons. The molecule has 1 fully saturated rings. The predicted octanol–water partition coefficient (Wildman–Crippen LogP) is 1.71.